The van der Waals surface area contributed by atoms with E-state index in [0.717, 1.165) is 26.2 Å². The van der Waals surface area contributed by atoms with E-state index in [-0.39, 0.29) is 11.3 Å². The Morgan fingerprint density at radius 3 is 2.42 bits per heavy atom. The lowest BCUT2D eigenvalue weighted by Gasteiger charge is -2.07. The van der Waals surface area contributed by atoms with Gasteiger partial charge in [-0.15, -0.1) is 11.3 Å². The molecule has 0 aliphatic heterocycles. The minimum Gasteiger partial charge on any atom is -0.355 e. The second kappa shape index (κ2) is 7.66. The number of amides is 1. The van der Waals surface area contributed by atoms with E-state index in [2.05, 4.69) is 15.6 Å². The number of carbonyl (C=O) groups is 1. The summed E-state index contributed by atoms with van der Waals surface area (Å²) < 4.78 is 6.36. The number of nitrogens with one attached hydrogen (secondary N) is 1. The summed E-state index contributed by atoms with van der Waals surface area (Å²) in [6.45, 7) is 1.96. The molecule has 0 saturated carbocycles. The summed E-state index contributed by atoms with van der Waals surface area (Å²) >= 11 is 1.45. The summed E-state index contributed by atoms with van der Waals surface area (Å²) in [5, 5.41) is 4.30. The number of hydrogen-bond acceptors (Lipinski definition) is 6. The molecule has 3 aromatic heterocycles. The number of thiophene rings is 1. The van der Waals surface area contributed by atoms with Crippen LogP contribution in [0.1, 0.15) is 15.4 Å². The molecule has 31 heavy (non-hydrogen) atoms. The first kappa shape index (κ1) is 19.0. The third-order valence-electron chi connectivity index (χ3n) is 4.87. The lowest BCUT2D eigenvalue weighted by atomic mass is 10.0. The first-order chi connectivity index (χ1) is 15.1. The molecule has 0 fully saturated rings. The fraction of sp³-hybridized carbons (Fsp3) is 0.0435. The van der Waals surface area contributed by atoms with Gasteiger partial charge in [0.15, 0.2) is 11.5 Å². The van der Waals surface area contributed by atoms with E-state index in [4.69, 9.17) is 4.52 Å². The van der Waals surface area contributed by atoms with Gasteiger partial charge in [0.05, 0.1) is 5.39 Å². The normalized spacial score (nSPS) is 11.0. The maximum Gasteiger partial charge on any atom is 0.292 e. The van der Waals surface area contributed by atoms with Crippen LogP contribution in [0.25, 0.3) is 32.7 Å². The van der Waals surface area contributed by atoms with Gasteiger partial charge in [0.1, 0.15) is 11.2 Å². The van der Waals surface area contributed by atoms with Gasteiger partial charge in [0.25, 0.3) is 11.5 Å². The quantitative estimate of drug-likeness (QED) is 0.456. The second-order valence-corrected chi connectivity index (χ2v) is 8.09. The standard InChI is InChI=1S/C23H16N4O3S/c1-14-19(16-10-6-3-7-11-16)20-22(31-14)24-13-27(23(20)29)25-21(28)17-12-18(30-26-17)15-8-4-2-5-9-15/h2-13H,1H3,(H,25,28). The molecule has 0 aliphatic carbocycles. The molecule has 0 spiro atoms. The third kappa shape index (κ3) is 3.43. The molecular formula is C23H16N4O3S. The summed E-state index contributed by atoms with van der Waals surface area (Å²) in [6.07, 6.45) is 1.31. The Hall–Kier alpha value is -4.04. The zero-order valence-corrected chi connectivity index (χ0v) is 17.2. The molecule has 1 N–H and O–H groups in total. The van der Waals surface area contributed by atoms with Gasteiger partial charge in [-0.3, -0.25) is 15.0 Å². The van der Waals surface area contributed by atoms with Crippen LogP contribution in [-0.2, 0) is 0 Å². The first-order valence-electron chi connectivity index (χ1n) is 9.51. The number of fused-ring (bicyclic) bond motifs is 1. The molecule has 7 nitrogen and oxygen atoms in total. The van der Waals surface area contributed by atoms with Crippen molar-refractivity contribution in [3.63, 3.8) is 0 Å². The first-order valence-corrected chi connectivity index (χ1v) is 10.3. The Labute approximate surface area is 180 Å². The molecular weight excluding hydrogens is 412 g/mol. The van der Waals surface area contributed by atoms with Crippen molar-refractivity contribution in [2.45, 2.75) is 6.92 Å². The van der Waals surface area contributed by atoms with E-state index < -0.39 is 5.91 Å². The third-order valence-corrected chi connectivity index (χ3v) is 5.89. The Morgan fingerprint density at radius 1 is 1.03 bits per heavy atom. The van der Waals surface area contributed by atoms with Gasteiger partial charge < -0.3 is 4.52 Å². The topological polar surface area (TPSA) is 90.0 Å². The van der Waals surface area contributed by atoms with Crippen LogP contribution in [0.4, 0.5) is 0 Å². The van der Waals surface area contributed by atoms with Crippen LogP contribution in [0.15, 0.2) is 82.4 Å². The van der Waals surface area contributed by atoms with Crippen LogP contribution in [0.3, 0.4) is 0 Å². The molecule has 8 heteroatoms. The van der Waals surface area contributed by atoms with Crippen molar-refractivity contribution in [1.29, 1.82) is 0 Å². The molecule has 0 aliphatic rings. The van der Waals surface area contributed by atoms with Gasteiger partial charge in [-0.1, -0.05) is 65.8 Å². The molecule has 0 atom stereocenters. The Kier molecular flexibility index (Phi) is 4.68. The molecule has 2 aromatic carbocycles. The van der Waals surface area contributed by atoms with Crippen LogP contribution in [0.5, 0.6) is 0 Å². The minimum absolute atomic E-state index is 0.0654. The molecule has 0 unspecified atom stereocenters. The van der Waals surface area contributed by atoms with E-state index >= 15 is 0 Å². The average Bonchev–Trinajstić information content (AvgIpc) is 3.42. The van der Waals surface area contributed by atoms with Crippen molar-refractivity contribution in [3.05, 3.63) is 94.0 Å². The lowest BCUT2D eigenvalue weighted by Crippen LogP contribution is -2.33. The molecule has 3 heterocycles. The number of benzene rings is 2. The molecule has 5 aromatic rings. The van der Waals surface area contributed by atoms with Crippen molar-refractivity contribution in [2.24, 2.45) is 0 Å². The summed E-state index contributed by atoms with van der Waals surface area (Å²) in [5.41, 5.74) is 4.83. The summed E-state index contributed by atoms with van der Waals surface area (Å²) in [4.78, 5) is 31.9. The molecule has 1 amide bonds. The fourth-order valence-electron chi connectivity index (χ4n) is 3.42. The van der Waals surface area contributed by atoms with Crippen molar-refractivity contribution >= 4 is 27.5 Å². The molecule has 152 valence electrons. The largest absolute Gasteiger partial charge is 0.355 e. The van der Waals surface area contributed by atoms with Gasteiger partial charge in [-0.05, 0) is 12.5 Å². The summed E-state index contributed by atoms with van der Waals surface area (Å²) in [7, 11) is 0. The van der Waals surface area contributed by atoms with Crippen molar-refractivity contribution < 1.29 is 9.32 Å². The minimum atomic E-state index is -0.567. The van der Waals surface area contributed by atoms with Gasteiger partial charge in [-0.25, -0.2) is 9.66 Å². The van der Waals surface area contributed by atoms with E-state index in [9.17, 15) is 9.59 Å². The smallest absolute Gasteiger partial charge is 0.292 e. The highest BCUT2D eigenvalue weighted by Crippen LogP contribution is 2.35. The van der Waals surface area contributed by atoms with E-state index in [1.807, 2.05) is 67.6 Å². The lowest BCUT2D eigenvalue weighted by molar-refractivity contribution is 0.0998. The van der Waals surface area contributed by atoms with Gasteiger partial charge in [0, 0.05) is 22.1 Å². The monoisotopic (exact) mass is 428 g/mol. The Morgan fingerprint density at radius 2 is 1.71 bits per heavy atom. The molecule has 0 saturated heterocycles. The average molecular weight is 428 g/mol. The zero-order chi connectivity index (χ0) is 21.4. The van der Waals surface area contributed by atoms with Crippen molar-refractivity contribution in [3.8, 4) is 22.5 Å². The zero-order valence-electron chi connectivity index (χ0n) is 16.4. The Bertz CT molecular complexity index is 1450. The predicted molar refractivity (Wildman–Crippen MR) is 120 cm³/mol. The number of rotatable bonds is 4. The van der Waals surface area contributed by atoms with Gasteiger partial charge >= 0.3 is 0 Å². The summed E-state index contributed by atoms with van der Waals surface area (Å²) in [6, 6.07) is 20.5. The maximum atomic E-state index is 13.2. The Balaban J connectivity index is 1.50. The van der Waals surface area contributed by atoms with Crippen LogP contribution in [-0.4, -0.2) is 20.7 Å². The molecule has 0 radical (unpaired) electrons. The van der Waals surface area contributed by atoms with Crippen LogP contribution in [0, 0.1) is 6.92 Å². The number of hydrogen-bond donors (Lipinski definition) is 1. The van der Waals surface area contributed by atoms with E-state index in [1.54, 1.807) is 0 Å². The van der Waals surface area contributed by atoms with E-state index in [1.165, 1.54) is 23.7 Å². The van der Waals surface area contributed by atoms with Gasteiger partial charge in [0.2, 0.25) is 0 Å². The number of aryl methyl sites for hydroxylation is 1. The van der Waals surface area contributed by atoms with Gasteiger partial charge in [-0.2, -0.15) is 0 Å². The van der Waals surface area contributed by atoms with Crippen molar-refractivity contribution in [1.82, 2.24) is 14.8 Å². The fourth-order valence-corrected chi connectivity index (χ4v) is 4.43. The van der Waals surface area contributed by atoms with Crippen LogP contribution < -0.4 is 11.0 Å². The number of aromatic nitrogens is 3. The number of carbonyl (C=O) groups excluding carboxylic acids is 1. The van der Waals surface area contributed by atoms with E-state index in [0.29, 0.717) is 16.0 Å². The highest BCUT2D eigenvalue weighted by molar-refractivity contribution is 7.19. The number of nitrogens with zero attached hydrogens (tertiary/aromatic N) is 3. The van der Waals surface area contributed by atoms with Crippen molar-refractivity contribution in [2.75, 3.05) is 5.43 Å². The molecule has 0 bridgehead atoms. The van der Waals surface area contributed by atoms with Crippen LogP contribution in [0.2, 0.25) is 0 Å². The highest BCUT2D eigenvalue weighted by atomic mass is 32.1. The SMILES string of the molecule is Cc1sc2ncn(NC(=O)c3cc(-c4ccccc4)on3)c(=O)c2c1-c1ccccc1. The van der Waals surface area contributed by atoms with Crippen LogP contribution >= 0.6 is 11.3 Å². The highest BCUT2D eigenvalue weighted by Gasteiger charge is 2.19. The maximum absolute atomic E-state index is 13.2. The summed E-state index contributed by atoms with van der Waals surface area (Å²) in [5.74, 6) is -0.103. The predicted octanol–water partition coefficient (Wildman–Crippen LogP) is 4.47. The second-order valence-electron chi connectivity index (χ2n) is 6.88. The molecule has 5 rings (SSSR count).